The summed E-state index contributed by atoms with van der Waals surface area (Å²) in [6.45, 7) is 1.98. The van der Waals surface area contributed by atoms with Crippen LogP contribution in [-0.4, -0.2) is 49.2 Å². The van der Waals surface area contributed by atoms with Crippen molar-refractivity contribution < 1.29 is 0 Å². The van der Waals surface area contributed by atoms with Crippen molar-refractivity contribution in [2.24, 2.45) is 5.92 Å². The minimum Gasteiger partial charge on any atom is -0.367 e. The number of H-pyrrole nitrogens is 1. The highest BCUT2D eigenvalue weighted by Crippen LogP contribution is 2.44. The second-order valence-corrected chi connectivity index (χ2v) is 9.58. The van der Waals surface area contributed by atoms with E-state index in [4.69, 9.17) is 10.2 Å². The zero-order chi connectivity index (χ0) is 21.7. The van der Waals surface area contributed by atoms with E-state index in [1.165, 1.54) is 12.8 Å². The average Bonchev–Trinajstić information content (AvgIpc) is 3.27. The largest absolute Gasteiger partial charge is 0.367 e. The fourth-order valence-electron chi connectivity index (χ4n) is 5.92. The van der Waals surface area contributed by atoms with Crippen LogP contribution in [0.3, 0.4) is 0 Å². The van der Waals surface area contributed by atoms with Crippen molar-refractivity contribution in [2.75, 3.05) is 10.6 Å². The lowest BCUT2D eigenvalue weighted by Gasteiger charge is -2.48. The standard InChI is InChI=1S/C24H28N8/c1-14-7-23(31-30-14)28-22-12-21-20(3-2-6-26-21)24(29-22)27-16-10-17-4-5-18(11-16)32(17)19-8-15(9-19)13-25/h2-3,6-7,12,15-19H,4-5,8-11H2,1H3,(H3,27,28,29,30,31)/t15?,16?,17-,18?,19?/m0/s1. The van der Waals surface area contributed by atoms with Crippen molar-refractivity contribution in [2.45, 2.75) is 69.6 Å². The first-order chi connectivity index (χ1) is 15.7. The summed E-state index contributed by atoms with van der Waals surface area (Å²) in [6.07, 6.45) is 8.73. The lowest BCUT2D eigenvalue weighted by molar-refractivity contribution is 0.0245. The van der Waals surface area contributed by atoms with Gasteiger partial charge in [0.15, 0.2) is 5.82 Å². The minimum absolute atomic E-state index is 0.270. The van der Waals surface area contributed by atoms with E-state index >= 15 is 0 Å². The lowest BCUT2D eigenvalue weighted by Crippen LogP contribution is -2.55. The van der Waals surface area contributed by atoms with Gasteiger partial charge in [-0.2, -0.15) is 10.4 Å². The zero-order valence-corrected chi connectivity index (χ0v) is 18.3. The van der Waals surface area contributed by atoms with Gasteiger partial charge in [-0.05, 0) is 57.6 Å². The summed E-state index contributed by atoms with van der Waals surface area (Å²) < 4.78 is 0. The summed E-state index contributed by atoms with van der Waals surface area (Å²) in [5.74, 6) is 2.64. The van der Waals surface area contributed by atoms with E-state index in [1.54, 1.807) is 0 Å². The van der Waals surface area contributed by atoms with Crippen LogP contribution >= 0.6 is 0 Å². The van der Waals surface area contributed by atoms with Crippen LogP contribution in [0.1, 0.15) is 44.2 Å². The number of nitrogens with zero attached hydrogens (tertiary/aromatic N) is 5. The number of aromatic nitrogens is 4. The molecule has 5 heterocycles. The van der Waals surface area contributed by atoms with Gasteiger partial charge < -0.3 is 10.6 Å². The minimum atomic E-state index is 0.270. The molecule has 2 aliphatic heterocycles. The molecule has 0 aromatic carbocycles. The van der Waals surface area contributed by atoms with Crippen LogP contribution in [0.25, 0.3) is 10.9 Å². The Morgan fingerprint density at radius 2 is 1.91 bits per heavy atom. The molecule has 1 saturated carbocycles. The van der Waals surface area contributed by atoms with Crippen LogP contribution < -0.4 is 10.6 Å². The molecular weight excluding hydrogens is 400 g/mol. The maximum Gasteiger partial charge on any atom is 0.153 e. The molecule has 6 rings (SSSR count). The topological polar surface area (TPSA) is 106 Å². The van der Waals surface area contributed by atoms with Crippen molar-refractivity contribution in [1.29, 1.82) is 5.26 Å². The number of anilines is 3. The number of nitrogens with one attached hydrogen (secondary N) is 3. The van der Waals surface area contributed by atoms with Gasteiger partial charge in [-0.1, -0.05) is 0 Å². The molecule has 2 unspecified atom stereocenters. The molecule has 1 aliphatic carbocycles. The number of fused-ring (bicyclic) bond motifs is 3. The van der Waals surface area contributed by atoms with E-state index in [1.807, 2.05) is 31.3 Å². The van der Waals surface area contributed by atoms with Gasteiger partial charge in [0.2, 0.25) is 0 Å². The lowest BCUT2D eigenvalue weighted by atomic mass is 9.78. The smallest absolute Gasteiger partial charge is 0.153 e. The van der Waals surface area contributed by atoms with Gasteiger partial charge in [0.05, 0.1) is 11.6 Å². The number of rotatable bonds is 5. The summed E-state index contributed by atoms with van der Waals surface area (Å²) in [7, 11) is 0. The van der Waals surface area contributed by atoms with E-state index in [2.05, 4.69) is 42.9 Å². The molecular formula is C24H28N8. The predicted molar refractivity (Wildman–Crippen MR) is 124 cm³/mol. The number of aromatic amines is 1. The van der Waals surface area contributed by atoms with E-state index in [0.717, 1.165) is 59.7 Å². The third kappa shape index (κ3) is 3.47. The Labute approximate surface area is 187 Å². The molecule has 8 heteroatoms. The molecule has 164 valence electrons. The maximum absolute atomic E-state index is 9.16. The summed E-state index contributed by atoms with van der Waals surface area (Å²) in [5, 5.41) is 24.5. The van der Waals surface area contributed by atoms with Gasteiger partial charge in [0, 0.05) is 59.5 Å². The number of nitriles is 1. The number of hydrogen-bond acceptors (Lipinski definition) is 7. The fraction of sp³-hybridized carbons (Fsp3) is 0.500. The second-order valence-electron chi connectivity index (χ2n) is 9.58. The Hall–Kier alpha value is -3.18. The highest BCUT2D eigenvalue weighted by atomic mass is 15.3. The van der Waals surface area contributed by atoms with Gasteiger partial charge in [-0.3, -0.25) is 15.0 Å². The first kappa shape index (κ1) is 19.5. The number of pyridine rings is 2. The molecule has 3 aromatic heterocycles. The number of piperidine rings is 1. The Balaban J connectivity index is 1.22. The molecule has 0 radical (unpaired) electrons. The van der Waals surface area contributed by atoms with E-state index in [9.17, 15) is 0 Å². The van der Waals surface area contributed by atoms with Crippen molar-refractivity contribution in [3.05, 3.63) is 36.2 Å². The average molecular weight is 429 g/mol. The van der Waals surface area contributed by atoms with E-state index < -0.39 is 0 Å². The Morgan fingerprint density at radius 3 is 2.62 bits per heavy atom. The monoisotopic (exact) mass is 428 g/mol. The normalized spacial score (nSPS) is 29.4. The summed E-state index contributed by atoms with van der Waals surface area (Å²) >= 11 is 0. The first-order valence-corrected chi connectivity index (χ1v) is 11.6. The molecule has 3 atom stereocenters. The maximum atomic E-state index is 9.16. The van der Waals surface area contributed by atoms with Gasteiger partial charge in [0.1, 0.15) is 11.6 Å². The van der Waals surface area contributed by atoms with E-state index in [-0.39, 0.29) is 5.92 Å². The molecule has 0 amide bonds. The molecule has 32 heavy (non-hydrogen) atoms. The van der Waals surface area contributed by atoms with Gasteiger partial charge in [-0.25, -0.2) is 4.98 Å². The highest BCUT2D eigenvalue weighted by Gasteiger charge is 2.47. The molecule has 2 bridgehead atoms. The van der Waals surface area contributed by atoms with Crippen LogP contribution in [0, 0.1) is 24.2 Å². The highest BCUT2D eigenvalue weighted by molar-refractivity contribution is 5.91. The van der Waals surface area contributed by atoms with Crippen molar-refractivity contribution >= 4 is 28.4 Å². The SMILES string of the molecule is Cc1cc(Nc2cc3ncccc3c(NC3CC4CC[C@@H](C3)N4C3CC(C#N)C3)n2)n[nH]1. The molecule has 3 N–H and O–H groups in total. The quantitative estimate of drug-likeness (QED) is 0.561. The van der Waals surface area contributed by atoms with Gasteiger partial charge >= 0.3 is 0 Å². The first-order valence-electron chi connectivity index (χ1n) is 11.6. The Bertz CT molecular complexity index is 1160. The predicted octanol–water partition coefficient (Wildman–Crippen LogP) is 4.11. The Morgan fingerprint density at radius 1 is 1.09 bits per heavy atom. The van der Waals surface area contributed by atoms with Crippen LogP contribution in [0.15, 0.2) is 30.5 Å². The summed E-state index contributed by atoms with van der Waals surface area (Å²) in [6, 6.07) is 12.7. The van der Waals surface area contributed by atoms with E-state index in [0.29, 0.717) is 24.2 Å². The van der Waals surface area contributed by atoms with Crippen molar-refractivity contribution in [1.82, 2.24) is 25.1 Å². The summed E-state index contributed by atoms with van der Waals surface area (Å²) in [5.41, 5.74) is 1.91. The van der Waals surface area contributed by atoms with Crippen LogP contribution in [0.5, 0.6) is 0 Å². The van der Waals surface area contributed by atoms with Gasteiger partial charge in [-0.15, -0.1) is 0 Å². The molecule has 8 nitrogen and oxygen atoms in total. The molecule has 3 aromatic rings. The molecule has 3 aliphatic rings. The number of aryl methyl sites for hydroxylation is 1. The number of hydrogen-bond donors (Lipinski definition) is 3. The Kier molecular flexibility index (Phi) is 4.72. The molecule has 3 fully saturated rings. The third-order valence-corrected chi connectivity index (χ3v) is 7.41. The molecule has 0 spiro atoms. The van der Waals surface area contributed by atoms with Crippen LogP contribution in [0.4, 0.5) is 17.5 Å². The fourth-order valence-corrected chi connectivity index (χ4v) is 5.92. The van der Waals surface area contributed by atoms with Crippen LogP contribution in [-0.2, 0) is 0 Å². The van der Waals surface area contributed by atoms with Gasteiger partial charge in [0.25, 0.3) is 0 Å². The third-order valence-electron chi connectivity index (χ3n) is 7.41. The summed E-state index contributed by atoms with van der Waals surface area (Å²) in [4.78, 5) is 12.2. The molecule has 2 saturated heterocycles. The van der Waals surface area contributed by atoms with Crippen molar-refractivity contribution in [3.8, 4) is 6.07 Å². The van der Waals surface area contributed by atoms with Crippen molar-refractivity contribution in [3.63, 3.8) is 0 Å². The van der Waals surface area contributed by atoms with Crippen LogP contribution in [0.2, 0.25) is 0 Å². The second kappa shape index (κ2) is 7.75. The zero-order valence-electron chi connectivity index (χ0n) is 18.3.